The molecule has 3 aromatic carbocycles. The molecule has 5 N–H and O–H groups in total. The van der Waals surface area contributed by atoms with Crippen molar-refractivity contribution in [2.75, 3.05) is 13.1 Å². The molecule has 12 heteroatoms. The molecule has 0 aliphatic carbocycles. The van der Waals surface area contributed by atoms with Gasteiger partial charge >= 0.3 is 6.09 Å². The van der Waals surface area contributed by atoms with Gasteiger partial charge in [-0.1, -0.05) is 92.7 Å². The van der Waals surface area contributed by atoms with Crippen LogP contribution in [0.5, 0.6) is 0 Å². The van der Waals surface area contributed by atoms with Crippen molar-refractivity contribution in [2.45, 2.75) is 62.8 Å². The lowest BCUT2D eigenvalue weighted by Gasteiger charge is -2.31. The third-order valence-electron chi connectivity index (χ3n) is 7.04. The summed E-state index contributed by atoms with van der Waals surface area (Å²) in [4.78, 5) is 38.0. The summed E-state index contributed by atoms with van der Waals surface area (Å²) in [6, 6.07) is 23.5. The van der Waals surface area contributed by atoms with Crippen molar-refractivity contribution in [1.82, 2.24) is 14.9 Å². The molecule has 45 heavy (non-hydrogen) atoms. The van der Waals surface area contributed by atoms with Gasteiger partial charge in [-0.3, -0.25) is 9.59 Å². The Morgan fingerprint density at radius 3 is 1.98 bits per heavy atom. The molecule has 0 radical (unpaired) electrons. The maximum atomic E-state index is 13.6. The molecular weight excluding hydrogens is 596 g/mol. The third kappa shape index (κ3) is 11.6. The smallest absolute Gasteiger partial charge is 0.408 e. The predicted molar refractivity (Wildman–Crippen MR) is 170 cm³/mol. The Bertz CT molecular complexity index is 1470. The number of amides is 3. The number of primary amides is 1. The van der Waals surface area contributed by atoms with Gasteiger partial charge in [-0.2, -0.15) is 4.31 Å². The third-order valence-corrected chi connectivity index (χ3v) is 8.92. The summed E-state index contributed by atoms with van der Waals surface area (Å²) < 4.78 is 33.7. The fourth-order valence-electron chi connectivity index (χ4n) is 4.54. The van der Waals surface area contributed by atoms with Crippen LogP contribution in [0.1, 0.15) is 37.8 Å². The van der Waals surface area contributed by atoms with Crippen LogP contribution in [-0.4, -0.2) is 67.0 Å². The molecule has 3 amide bonds. The first-order chi connectivity index (χ1) is 21.5. The van der Waals surface area contributed by atoms with Gasteiger partial charge in [0.25, 0.3) is 0 Å². The average molecular weight is 639 g/mol. The van der Waals surface area contributed by atoms with E-state index in [9.17, 15) is 27.9 Å². The normalized spacial score (nSPS) is 13.5. The Morgan fingerprint density at radius 1 is 0.867 bits per heavy atom. The second-order valence-electron chi connectivity index (χ2n) is 11.2. The van der Waals surface area contributed by atoms with Gasteiger partial charge in [-0.15, -0.1) is 0 Å². The van der Waals surface area contributed by atoms with Crippen LogP contribution in [0.2, 0.25) is 0 Å². The van der Waals surface area contributed by atoms with Crippen molar-refractivity contribution in [3.63, 3.8) is 0 Å². The molecule has 0 aromatic heterocycles. The van der Waals surface area contributed by atoms with Gasteiger partial charge in [0.05, 0.1) is 23.5 Å². The van der Waals surface area contributed by atoms with E-state index in [-0.39, 0.29) is 36.9 Å². The highest BCUT2D eigenvalue weighted by Crippen LogP contribution is 2.19. The Morgan fingerprint density at radius 2 is 1.42 bits per heavy atom. The SMILES string of the molecule is CC(C)CCN(C[C@@H](O)[C@H](Cc1ccccc1)NC(=O)[C@H](CC(N)=O)NC(=O)OCc1ccccc1)S(=O)(=O)c1ccccc1. The first kappa shape index (κ1) is 35.2. The maximum absolute atomic E-state index is 13.6. The van der Waals surface area contributed by atoms with E-state index in [1.165, 1.54) is 16.4 Å². The number of carbonyl (C=O) groups is 3. The number of nitrogens with two attached hydrogens (primary N) is 1. The van der Waals surface area contributed by atoms with Crippen molar-refractivity contribution in [1.29, 1.82) is 0 Å². The Hall–Kier alpha value is -4.26. The second-order valence-corrected chi connectivity index (χ2v) is 13.1. The van der Waals surface area contributed by atoms with E-state index in [0.717, 1.165) is 11.1 Å². The fourth-order valence-corrected chi connectivity index (χ4v) is 6.04. The molecule has 0 heterocycles. The van der Waals surface area contributed by atoms with Gasteiger partial charge in [0.2, 0.25) is 21.8 Å². The number of benzene rings is 3. The number of hydrogen-bond donors (Lipinski definition) is 4. The van der Waals surface area contributed by atoms with Crippen LogP contribution in [-0.2, 0) is 37.4 Å². The van der Waals surface area contributed by atoms with E-state index in [1.54, 1.807) is 54.6 Å². The number of rotatable bonds is 17. The standard InChI is InChI=1S/C33H42N4O7S/c1-24(2)18-19-37(45(42,43)27-16-10-5-11-17-27)22-30(38)28(20-25-12-6-3-7-13-25)35-32(40)29(21-31(34)39)36-33(41)44-23-26-14-8-4-9-15-26/h3-17,24,28-30,38H,18-23H2,1-2H3,(H2,34,39)(H,35,40)(H,36,41)/t28-,29-,30+/m0/s1. The van der Waals surface area contributed by atoms with Crippen molar-refractivity contribution >= 4 is 27.9 Å². The van der Waals surface area contributed by atoms with Crippen LogP contribution in [0.4, 0.5) is 4.79 Å². The zero-order valence-electron chi connectivity index (χ0n) is 25.5. The van der Waals surface area contributed by atoms with E-state index in [0.29, 0.717) is 6.42 Å². The first-order valence-electron chi connectivity index (χ1n) is 14.8. The van der Waals surface area contributed by atoms with Gasteiger partial charge in [0, 0.05) is 13.1 Å². The van der Waals surface area contributed by atoms with E-state index < -0.39 is 52.5 Å². The zero-order chi connectivity index (χ0) is 32.8. The number of nitrogens with zero attached hydrogens (tertiary/aromatic N) is 1. The summed E-state index contributed by atoms with van der Waals surface area (Å²) in [6.45, 7) is 3.72. The van der Waals surface area contributed by atoms with Crippen LogP contribution < -0.4 is 16.4 Å². The van der Waals surface area contributed by atoms with Gasteiger partial charge in [-0.25, -0.2) is 13.2 Å². The minimum absolute atomic E-state index is 0.0605. The molecule has 0 aliphatic rings. The van der Waals surface area contributed by atoms with Crippen LogP contribution in [0.3, 0.4) is 0 Å². The van der Waals surface area contributed by atoms with Crippen LogP contribution >= 0.6 is 0 Å². The number of ether oxygens (including phenoxy) is 1. The Kier molecular flexibility index (Phi) is 13.5. The second kappa shape index (κ2) is 17.3. The lowest BCUT2D eigenvalue weighted by atomic mass is 10.00. The van der Waals surface area contributed by atoms with Gasteiger partial charge in [0.1, 0.15) is 12.6 Å². The van der Waals surface area contributed by atoms with Crippen molar-refractivity contribution in [3.05, 3.63) is 102 Å². The van der Waals surface area contributed by atoms with E-state index in [1.807, 2.05) is 38.1 Å². The number of aliphatic hydroxyl groups is 1. The Labute approximate surface area is 264 Å². The minimum Gasteiger partial charge on any atom is -0.445 e. The highest BCUT2D eigenvalue weighted by molar-refractivity contribution is 7.89. The minimum atomic E-state index is -3.98. The number of hydrogen-bond acceptors (Lipinski definition) is 7. The lowest BCUT2D eigenvalue weighted by Crippen LogP contribution is -2.56. The fraction of sp³-hybridized carbons (Fsp3) is 0.364. The number of sulfonamides is 1. The summed E-state index contributed by atoms with van der Waals surface area (Å²) >= 11 is 0. The summed E-state index contributed by atoms with van der Waals surface area (Å²) in [5.74, 6) is -1.43. The van der Waals surface area contributed by atoms with Crippen LogP contribution in [0.25, 0.3) is 0 Å². The van der Waals surface area contributed by atoms with Crippen molar-refractivity contribution in [3.8, 4) is 0 Å². The summed E-state index contributed by atoms with van der Waals surface area (Å²) in [5, 5.41) is 16.6. The zero-order valence-corrected chi connectivity index (χ0v) is 26.4. The highest BCUT2D eigenvalue weighted by atomic mass is 32.2. The molecule has 0 fully saturated rings. The van der Waals surface area contributed by atoms with Crippen LogP contribution in [0.15, 0.2) is 95.9 Å². The van der Waals surface area contributed by atoms with E-state index in [2.05, 4.69) is 10.6 Å². The number of carbonyl (C=O) groups excluding carboxylic acids is 3. The summed E-state index contributed by atoms with van der Waals surface area (Å²) in [7, 11) is -3.98. The van der Waals surface area contributed by atoms with Crippen molar-refractivity contribution in [2.24, 2.45) is 11.7 Å². The quantitative estimate of drug-likeness (QED) is 0.176. The first-order valence-corrected chi connectivity index (χ1v) is 16.2. The molecule has 242 valence electrons. The molecule has 3 aromatic rings. The number of alkyl carbamates (subject to hydrolysis) is 1. The molecule has 0 unspecified atom stereocenters. The molecule has 0 saturated carbocycles. The molecule has 11 nitrogen and oxygen atoms in total. The number of aliphatic hydroxyl groups excluding tert-OH is 1. The number of nitrogens with one attached hydrogen (secondary N) is 2. The van der Waals surface area contributed by atoms with Gasteiger partial charge < -0.3 is 26.2 Å². The Balaban J connectivity index is 1.82. The highest BCUT2D eigenvalue weighted by Gasteiger charge is 2.33. The largest absolute Gasteiger partial charge is 0.445 e. The summed E-state index contributed by atoms with van der Waals surface area (Å²) in [5.41, 5.74) is 6.87. The predicted octanol–water partition coefficient (Wildman–Crippen LogP) is 2.98. The molecule has 0 aliphatic heterocycles. The van der Waals surface area contributed by atoms with Gasteiger partial charge in [0.15, 0.2) is 0 Å². The lowest BCUT2D eigenvalue weighted by molar-refractivity contribution is -0.128. The molecule has 0 saturated heterocycles. The topological polar surface area (TPSA) is 168 Å². The molecular formula is C33H42N4O7S. The molecule has 3 atom stereocenters. The van der Waals surface area contributed by atoms with E-state index >= 15 is 0 Å². The molecule has 3 rings (SSSR count). The van der Waals surface area contributed by atoms with Gasteiger partial charge in [-0.05, 0) is 42.0 Å². The molecule has 0 spiro atoms. The van der Waals surface area contributed by atoms with Crippen LogP contribution in [0, 0.1) is 5.92 Å². The summed E-state index contributed by atoms with van der Waals surface area (Å²) in [6.07, 6.45) is -2.14. The van der Waals surface area contributed by atoms with E-state index in [4.69, 9.17) is 10.5 Å². The monoisotopic (exact) mass is 638 g/mol. The maximum Gasteiger partial charge on any atom is 0.408 e. The molecule has 0 bridgehead atoms. The van der Waals surface area contributed by atoms with Crippen molar-refractivity contribution < 1.29 is 32.6 Å². The average Bonchev–Trinajstić information content (AvgIpc) is 3.02.